The van der Waals surface area contributed by atoms with Crippen LogP contribution in [0, 0.1) is 5.82 Å². The Balaban J connectivity index is 1.55. The van der Waals surface area contributed by atoms with Gasteiger partial charge in [0.1, 0.15) is 5.82 Å². The molecule has 5 nitrogen and oxygen atoms in total. The SMILES string of the molecule is CCc1ccccc1NC(=O)CN(C)C(=O)C(C)Sc1nc(-c2ccc(F)cc2)cs1. The van der Waals surface area contributed by atoms with Gasteiger partial charge >= 0.3 is 0 Å². The highest BCUT2D eigenvalue weighted by Crippen LogP contribution is 2.31. The van der Waals surface area contributed by atoms with E-state index in [0.717, 1.165) is 33.3 Å². The van der Waals surface area contributed by atoms with Crippen LogP contribution >= 0.6 is 23.1 Å². The molecular weight excluding hydrogens is 433 g/mol. The number of carbonyl (C=O) groups excluding carboxylic acids is 2. The number of benzene rings is 2. The summed E-state index contributed by atoms with van der Waals surface area (Å²) in [4.78, 5) is 31.1. The van der Waals surface area contributed by atoms with E-state index < -0.39 is 5.25 Å². The lowest BCUT2D eigenvalue weighted by Gasteiger charge is -2.20. The zero-order valence-corrected chi connectivity index (χ0v) is 19.2. The van der Waals surface area contributed by atoms with Crippen molar-refractivity contribution in [1.29, 1.82) is 0 Å². The first kappa shape index (κ1) is 23.0. The quantitative estimate of drug-likeness (QED) is 0.479. The summed E-state index contributed by atoms with van der Waals surface area (Å²) >= 11 is 2.78. The fourth-order valence-corrected chi connectivity index (χ4v) is 5.10. The Bertz CT molecular complexity index is 1050. The third kappa shape index (κ3) is 6.15. The van der Waals surface area contributed by atoms with Gasteiger partial charge in [0.05, 0.1) is 17.5 Å². The normalized spacial score (nSPS) is 11.7. The number of nitrogens with one attached hydrogen (secondary N) is 1. The number of hydrogen-bond donors (Lipinski definition) is 1. The number of nitrogens with zero attached hydrogens (tertiary/aromatic N) is 2. The number of rotatable bonds is 8. The molecule has 1 heterocycles. The second kappa shape index (κ2) is 10.5. The molecule has 0 spiro atoms. The minimum absolute atomic E-state index is 0.0273. The van der Waals surface area contributed by atoms with E-state index in [9.17, 15) is 14.0 Å². The largest absolute Gasteiger partial charge is 0.335 e. The first-order valence-electron chi connectivity index (χ1n) is 9.88. The number of amides is 2. The Labute approximate surface area is 189 Å². The lowest BCUT2D eigenvalue weighted by atomic mass is 10.1. The predicted octanol–water partition coefficient (Wildman–Crippen LogP) is 5.09. The Morgan fingerprint density at radius 3 is 2.61 bits per heavy atom. The average molecular weight is 458 g/mol. The molecule has 3 rings (SSSR count). The smallest absolute Gasteiger partial charge is 0.243 e. The number of aromatic nitrogens is 1. The first-order chi connectivity index (χ1) is 14.9. The minimum atomic E-state index is -0.395. The minimum Gasteiger partial charge on any atom is -0.335 e. The van der Waals surface area contributed by atoms with E-state index in [1.165, 1.54) is 40.1 Å². The van der Waals surface area contributed by atoms with Crippen molar-refractivity contribution < 1.29 is 14.0 Å². The molecule has 0 saturated heterocycles. The summed E-state index contributed by atoms with van der Waals surface area (Å²) in [6.07, 6.45) is 0.812. The lowest BCUT2D eigenvalue weighted by Crippen LogP contribution is -2.39. The van der Waals surface area contributed by atoms with Crippen molar-refractivity contribution in [2.45, 2.75) is 29.9 Å². The highest BCUT2D eigenvalue weighted by atomic mass is 32.2. The van der Waals surface area contributed by atoms with Crippen LogP contribution in [-0.2, 0) is 16.0 Å². The molecule has 2 aromatic carbocycles. The summed E-state index contributed by atoms with van der Waals surface area (Å²) in [6.45, 7) is 3.80. The zero-order valence-electron chi connectivity index (χ0n) is 17.6. The van der Waals surface area contributed by atoms with E-state index in [1.54, 1.807) is 26.1 Å². The van der Waals surface area contributed by atoms with Gasteiger partial charge < -0.3 is 10.2 Å². The average Bonchev–Trinajstić information content (AvgIpc) is 3.22. The van der Waals surface area contributed by atoms with E-state index in [4.69, 9.17) is 0 Å². The number of aryl methyl sites for hydroxylation is 1. The summed E-state index contributed by atoms with van der Waals surface area (Å²) in [6, 6.07) is 13.8. The second-order valence-electron chi connectivity index (χ2n) is 7.02. The first-order valence-corrected chi connectivity index (χ1v) is 11.6. The van der Waals surface area contributed by atoms with Crippen LogP contribution in [0.25, 0.3) is 11.3 Å². The van der Waals surface area contributed by atoms with Crippen molar-refractivity contribution in [3.8, 4) is 11.3 Å². The molecule has 8 heteroatoms. The summed E-state index contributed by atoms with van der Waals surface area (Å²) in [7, 11) is 1.62. The van der Waals surface area contributed by atoms with Crippen LogP contribution < -0.4 is 5.32 Å². The predicted molar refractivity (Wildman–Crippen MR) is 125 cm³/mol. The number of thioether (sulfide) groups is 1. The van der Waals surface area contributed by atoms with Crippen molar-refractivity contribution in [3.63, 3.8) is 0 Å². The zero-order chi connectivity index (χ0) is 22.4. The van der Waals surface area contributed by atoms with Crippen molar-refractivity contribution in [3.05, 3.63) is 65.3 Å². The van der Waals surface area contributed by atoms with Gasteiger partial charge in [0.25, 0.3) is 0 Å². The molecule has 1 N–H and O–H groups in total. The van der Waals surface area contributed by atoms with Crippen molar-refractivity contribution in [1.82, 2.24) is 9.88 Å². The van der Waals surface area contributed by atoms with Crippen LogP contribution in [0.15, 0.2) is 58.3 Å². The van der Waals surface area contributed by atoms with E-state index >= 15 is 0 Å². The summed E-state index contributed by atoms with van der Waals surface area (Å²) in [5, 5.41) is 4.37. The van der Waals surface area contributed by atoms with Gasteiger partial charge in [-0.15, -0.1) is 11.3 Å². The van der Waals surface area contributed by atoms with Crippen LogP contribution in [-0.4, -0.2) is 40.5 Å². The summed E-state index contributed by atoms with van der Waals surface area (Å²) in [5.41, 5.74) is 3.39. The number of anilines is 1. The van der Waals surface area contributed by atoms with Gasteiger partial charge in [-0.05, 0) is 49.2 Å². The van der Waals surface area contributed by atoms with Gasteiger partial charge in [0.2, 0.25) is 11.8 Å². The van der Waals surface area contributed by atoms with Crippen molar-refractivity contribution >= 4 is 40.6 Å². The Hall–Kier alpha value is -2.71. The number of carbonyl (C=O) groups is 2. The van der Waals surface area contributed by atoms with Gasteiger partial charge in [-0.2, -0.15) is 0 Å². The monoisotopic (exact) mass is 457 g/mol. The lowest BCUT2D eigenvalue weighted by molar-refractivity contribution is -0.132. The standard InChI is InChI=1S/C23H24FN3O2S2/c1-4-16-7-5-6-8-19(16)25-21(28)13-27(3)22(29)15(2)31-23-26-20(14-30-23)17-9-11-18(24)12-10-17/h5-12,14-15H,4,13H2,1-3H3,(H,25,28). The molecule has 0 saturated carbocycles. The van der Waals surface area contributed by atoms with Crippen LogP contribution in [0.1, 0.15) is 19.4 Å². The molecule has 0 aliphatic carbocycles. The maximum Gasteiger partial charge on any atom is 0.243 e. The van der Waals surface area contributed by atoms with Gasteiger partial charge in [0.15, 0.2) is 4.34 Å². The number of likely N-dealkylation sites (N-methyl/N-ethyl adjacent to an activating group) is 1. The molecule has 1 atom stereocenters. The maximum atomic E-state index is 13.1. The third-order valence-corrected chi connectivity index (χ3v) is 6.74. The molecule has 2 amide bonds. The molecule has 1 unspecified atom stereocenters. The van der Waals surface area contributed by atoms with Gasteiger partial charge in [-0.25, -0.2) is 9.37 Å². The van der Waals surface area contributed by atoms with Crippen LogP contribution in [0.3, 0.4) is 0 Å². The summed E-state index contributed by atoms with van der Waals surface area (Å²) < 4.78 is 13.8. The second-order valence-corrected chi connectivity index (χ2v) is 9.46. The topological polar surface area (TPSA) is 62.3 Å². The number of halogens is 1. The molecule has 31 heavy (non-hydrogen) atoms. The van der Waals surface area contributed by atoms with E-state index in [-0.39, 0.29) is 24.2 Å². The van der Waals surface area contributed by atoms with E-state index in [2.05, 4.69) is 10.3 Å². The van der Waals surface area contributed by atoms with Crippen LogP contribution in [0.4, 0.5) is 10.1 Å². The number of hydrogen-bond acceptors (Lipinski definition) is 5. The van der Waals surface area contributed by atoms with Gasteiger partial charge in [0, 0.05) is 23.7 Å². The van der Waals surface area contributed by atoms with Gasteiger partial charge in [-0.1, -0.05) is 36.9 Å². The van der Waals surface area contributed by atoms with Crippen molar-refractivity contribution in [2.24, 2.45) is 0 Å². The fourth-order valence-electron chi connectivity index (χ4n) is 3.01. The Morgan fingerprint density at radius 2 is 1.90 bits per heavy atom. The molecular formula is C23H24FN3O2S2. The molecule has 0 aliphatic heterocycles. The number of thiazole rings is 1. The molecule has 3 aromatic rings. The molecule has 1 aromatic heterocycles. The summed E-state index contributed by atoms with van der Waals surface area (Å²) in [5.74, 6) is -0.678. The molecule has 0 bridgehead atoms. The molecule has 0 aliphatic rings. The van der Waals surface area contributed by atoms with Crippen LogP contribution in [0.2, 0.25) is 0 Å². The molecule has 0 radical (unpaired) electrons. The van der Waals surface area contributed by atoms with Crippen LogP contribution in [0.5, 0.6) is 0 Å². The number of para-hydroxylation sites is 1. The Kier molecular flexibility index (Phi) is 7.81. The van der Waals surface area contributed by atoms with Gasteiger partial charge in [-0.3, -0.25) is 9.59 Å². The highest BCUT2D eigenvalue weighted by molar-refractivity contribution is 8.02. The Morgan fingerprint density at radius 1 is 1.19 bits per heavy atom. The van der Waals surface area contributed by atoms with Crippen molar-refractivity contribution in [2.75, 3.05) is 18.9 Å². The maximum absolute atomic E-state index is 13.1. The van der Waals surface area contributed by atoms with E-state index in [1.807, 2.05) is 36.6 Å². The molecule has 0 fully saturated rings. The highest BCUT2D eigenvalue weighted by Gasteiger charge is 2.22. The van der Waals surface area contributed by atoms with E-state index in [0.29, 0.717) is 0 Å². The third-order valence-electron chi connectivity index (χ3n) is 4.68. The fraction of sp³-hybridized carbons (Fsp3) is 0.261. The molecule has 162 valence electrons.